The SMILES string of the molecule is COc1ccc(C(=O)C23CC4C[C@@H](CC(Br)(C4)C2)C3)cc1. The van der Waals surface area contributed by atoms with E-state index >= 15 is 0 Å². The molecule has 4 fully saturated rings. The Labute approximate surface area is 134 Å². The summed E-state index contributed by atoms with van der Waals surface area (Å²) in [6.45, 7) is 0. The molecule has 112 valence electrons. The maximum Gasteiger partial charge on any atom is 0.169 e. The second-order valence-electron chi connectivity index (χ2n) is 7.45. The van der Waals surface area contributed by atoms with Crippen LogP contribution in [0.5, 0.6) is 5.75 Å². The summed E-state index contributed by atoms with van der Waals surface area (Å²) in [6.07, 6.45) is 7.09. The maximum absolute atomic E-state index is 13.2. The van der Waals surface area contributed by atoms with Crippen LogP contribution in [-0.4, -0.2) is 17.2 Å². The van der Waals surface area contributed by atoms with E-state index in [4.69, 9.17) is 4.74 Å². The van der Waals surface area contributed by atoms with Crippen LogP contribution in [0.25, 0.3) is 0 Å². The Hall–Kier alpha value is -0.830. The molecule has 21 heavy (non-hydrogen) atoms. The number of ether oxygens (including phenoxy) is 1. The molecule has 0 spiro atoms. The van der Waals surface area contributed by atoms with Crippen molar-refractivity contribution in [1.29, 1.82) is 0 Å². The van der Waals surface area contributed by atoms with Crippen molar-refractivity contribution in [1.82, 2.24) is 0 Å². The minimum Gasteiger partial charge on any atom is -0.497 e. The van der Waals surface area contributed by atoms with Crippen molar-refractivity contribution in [3.63, 3.8) is 0 Å². The van der Waals surface area contributed by atoms with Crippen LogP contribution >= 0.6 is 15.9 Å². The molecule has 2 nitrogen and oxygen atoms in total. The van der Waals surface area contributed by atoms with Gasteiger partial charge in [-0.15, -0.1) is 0 Å². The van der Waals surface area contributed by atoms with Crippen molar-refractivity contribution in [3.8, 4) is 5.75 Å². The number of hydrogen-bond donors (Lipinski definition) is 0. The van der Waals surface area contributed by atoms with Gasteiger partial charge in [0.1, 0.15) is 5.75 Å². The van der Waals surface area contributed by atoms with Crippen molar-refractivity contribution >= 4 is 21.7 Å². The first-order valence-corrected chi connectivity index (χ1v) is 8.69. The summed E-state index contributed by atoms with van der Waals surface area (Å²) >= 11 is 3.98. The Bertz CT molecular complexity index is 563. The highest BCUT2D eigenvalue weighted by Crippen LogP contribution is 2.65. The monoisotopic (exact) mass is 348 g/mol. The molecule has 5 rings (SSSR count). The summed E-state index contributed by atoms with van der Waals surface area (Å²) in [4.78, 5) is 13.2. The number of alkyl halides is 1. The number of halogens is 1. The van der Waals surface area contributed by atoms with Gasteiger partial charge in [-0.05, 0) is 74.6 Å². The smallest absolute Gasteiger partial charge is 0.169 e. The molecule has 0 aromatic heterocycles. The first-order valence-electron chi connectivity index (χ1n) is 7.90. The van der Waals surface area contributed by atoms with Crippen molar-refractivity contribution in [3.05, 3.63) is 29.8 Å². The van der Waals surface area contributed by atoms with E-state index in [1.54, 1.807) is 7.11 Å². The second kappa shape index (κ2) is 4.58. The highest BCUT2D eigenvalue weighted by atomic mass is 79.9. The minimum absolute atomic E-state index is 0.109. The van der Waals surface area contributed by atoms with E-state index in [1.807, 2.05) is 24.3 Å². The standard InChI is InChI=1S/C18H21BrO2/c1-21-15-4-2-14(3-5-15)16(20)17-7-12-6-13(8-17)10-18(19,9-12)11-17/h2-5,12-13H,6-11H2,1H3/t12-,13?,17?,18?/m1/s1. The van der Waals surface area contributed by atoms with Crippen LogP contribution in [0.15, 0.2) is 24.3 Å². The Morgan fingerprint density at radius 3 is 2.29 bits per heavy atom. The molecule has 0 radical (unpaired) electrons. The van der Waals surface area contributed by atoms with Crippen LogP contribution in [0.1, 0.15) is 48.9 Å². The van der Waals surface area contributed by atoms with Gasteiger partial charge in [-0.1, -0.05) is 15.9 Å². The molecule has 0 amide bonds. The Morgan fingerprint density at radius 2 is 1.76 bits per heavy atom. The van der Waals surface area contributed by atoms with Gasteiger partial charge in [0.25, 0.3) is 0 Å². The predicted octanol–water partition coefficient (Wildman–Crippen LogP) is 4.61. The van der Waals surface area contributed by atoms with Crippen molar-refractivity contribution in [2.75, 3.05) is 7.11 Å². The first kappa shape index (κ1) is 13.8. The highest BCUT2D eigenvalue weighted by molar-refractivity contribution is 9.10. The fraction of sp³-hybridized carbons (Fsp3) is 0.611. The van der Waals surface area contributed by atoms with Gasteiger partial charge in [0, 0.05) is 15.3 Å². The number of carbonyl (C=O) groups excluding carboxylic acids is 1. The third kappa shape index (κ3) is 2.16. The van der Waals surface area contributed by atoms with Crippen molar-refractivity contribution in [2.24, 2.45) is 17.3 Å². The second-order valence-corrected chi connectivity index (χ2v) is 9.13. The average molecular weight is 349 g/mol. The fourth-order valence-electron chi connectivity index (χ4n) is 5.47. The lowest BCUT2D eigenvalue weighted by Crippen LogP contribution is -2.55. The predicted molar refractivity (Wildman–Crippen MR) is 86.1 cm³/mol. The molecule has 0 aliphatic heterocycles. The quantitative estimate of drug-likeness (QED) is 0.588. The number of hydrogen-bond acceptors (Lipinski definition) is 2. The Morgan fingerprint density at radius 1 is 1.14 bits per heavy atom. The first-order chi connectivity index (χ1) is 10.0. The summed E-state index contributed by atoms with van der Waals surface area (Å²) in [5.41, 5.74) is 0.746. The largest absolute Gasteiger partial charge is 0.497 e. The third-order valence-corrected chi connectivity index (χ3v) is 6.75. The lowest BCUT2D eigenvalue weighted by atomic mass is 9.48. The maximum atomic E-state index is 13.2. The van der Waals surface area contributed by atoms with Gasteiger partial charge in [0.2, 0.25) is 0 Å². The molecule has 1 aromatic carbocycles. The molecule has 4 aliphatic rings. The summed E-state index contributed by atoms with van der Waals surface area (Å²) in [5.74, 6) is 2.66. The zero-order chi connectivity index (χ0) is 14.7. The van der Waals surface area contributed by atoms with Crippen LogP contribution in [0, 0.1) is 17.3 Å². The van der Waals surface area contributed by atoms with E-state index in [1.165, 1.54) is 19.3 Å². The van der Waals surface area contributed by atoms with Crippen LogP contribution in [-0.2, 0) is 0 Å². The van der Waals surface area contributed by atoms with Crippen LogP contribution in [0.2, 0.25) is 0 Å². The lowest BCUT2D eigenvalue weighted by molar-refractivity contribution is -0.0198. The van der Waals surface area contributed by atoms with Gasteiger partial charge in [-0.3, -0.25) is 4.79 Å². The van der Waals surface area contributed by atoms with Crippen molar-refractivity contribution < 1.29 is 9.53 Å². The molecular weight excluding hydrogens is 328 g/mol. The number of rotatable bonds is 3. The average Bonchev–Trinajstić information content (AvgIpc) is 2.44. The number of benzene rings is 1. The lowest BCUT2D eigenvalue weighted by Gasteiger charge is -2.59. The van der Waals surface area contributed by atoms with Gasteiger partial charge in [0.05, 0.1) is 7.11 Å². The summed E-state index contributed by atoms with van der Waals surface area (Å²) in [7, 11) is 1.66. The molecule has 1 aromatic rings. The van der Waals surface area contributed by atoms with Gasteiger partial charge in [-0.25, -0.2) is 0 Å². The fourth-order valence-corrected chi connectivity index (χ4v) is 6.92. The van der Waals surface area contributed by atoms with Gasteiger partial charge >= 0.3 is 0 Å². The summed E-state index contributed by atoms with van der Waals surface area (Å²) < 4.78 is 5.43. The topological polar surface area (TPSA) is 26.3 Å². The van der Waals surface area contributed by atoms with E-state index in [2.05, 4.69) is 15.9 Å². The van der Waals surface area contributed by atoms with Gasteiger partial charge in [0.15, 0.2) is 5.78 Å². The highest BCUT2D eigenvalue weighted by Gasteiger charge is 2.59. The van der Waals surface area contributed by atoms with E-state index in [9.17, 15) is 4.79 Å². The normalized spacial score (nSPS) is 40.3. The van der Waals surface area contributed by atoms with Crippen LogP contribution < -0.4 is 4.74 Å². The summed E-state index contributed by atoms with van der Waals surface area (Å²) in [6, 6.07) is 7.66. The van der Waals surface area contributed by atoms with Crippen LogP contribution in [0.4, 0.5) is 0 Å². The number of Topliss-reactive ketones (excluding diaryl/α,β-unsaturated/α-hetero) is 1. The molecule has 4 bridgehead atoms. The molecule has 0 heterocycles. The molecule has 0 saturated heterocycles. The third-order valence-electron chi connectivity index (χ3n) is 5.82. The number of carbonyl (C=O) groups is 1. The molecule has 3 unspecified atom stereocenters. The molecule has 4 atom stereocenters. The number of ketones is 1. The van der Waals surface area contributed by atoms with E-state index in [-0.39, 0.29) is 9.74 Å². The van der Waals surface area contributed by atoms with Crippen molar-refractivity contribution in [2.45, 2.75) is 42.8 Å². The van der Waals surface area contributed by atoms with Crippen LogP contribution in [0.3, 0.4) is 0 Å². The van der Waals surface area contributed by atoms with E-state index in [0.29, 0.717) is 5.78 Å². The molecule has 0 N–H and O–H groups in total. The summed E-state index contributed by atoms with van der Waals surface area (Å²) in [5, 5.41) is 0. The number of methoxy groups -OCH3 is 1. The Kier molecular flexibility index (Phi) is 3.01. The molecule has 3 heteroatoms. The van der Waals surface area contributed by atoms with E-state index in [0.717, 1.165) is 42.4 Å². The minimum atomic E-state index is -0.109. The molecule has 4 saturated carbocycles. The van der Waals surface area contributed by atoms with E-state index < -0.39 is 0 Å². The zero-order valence-corrected chi connectivity index (χ0v) is 14.0. The molecular formula is C18H21BrO2. The van der Waals surface area contributed by atoms with Gasteiger partial charge < -0.3 is 4.74 Å². The van der Waals surface area contributed by atoms with Gasteiger partial charge in [-0.2, -0.15) is 0 Å². The molecule has 4 aliphatic carbocycles. The Balaban J connectivity index is 1.67. The zero-order valence-electron chi connectivity index (χ0n) is 12.4.